The van der Waals surface area contributed by atoms with Crippen molar-refractivity contribution in [2.75, 3.05) is 19.6 Å². The van der Waals surface area contributed by atoms with Crippen LogP contribution in [0.1, 0.15) is 45.5 Å². The topological polar surface area (TPSA) is 83.8 Å². The number of rotatable bonds is 3. The van der Waals surface area contributed by atoms with Crippen LogP contribution in [0.25, 0.3) is 0 Å². The van der Waals surface area contributed by atoms with Crippen molar-refractivity contribution in [2.24, 2.45) is 0 Å². The molecule has 2 aromatic carbocycles. The number of nitrogens with zero attached hydrogens (tertiary/aromatic N) is 3. The number of carbonyl (C=O) groups is 2. The molecule has 0 aliphatic carbocycles. The Morgan fingerprint density at radius 3 is 2.45 bits per heavy atom. The zero-order valence-electron chi connectivity index (χ0n) is 16.3. The molecular formula is C22H23N3O4. The largest absolute Gasteiger partial charge is 0.336 e. The summed E-state index contributed by atoms with van der Waals surface area (Å²) in [6.45, 7) is 3.55. The summed E-state index contributed by atoms with van der Waals surface area (Å²) in [5.74, 6) is -0.355. The predicted molar refractivity (Wildman–Crippen MR) is 108 cm³/mol. The van der Waals surface area contributed by atoms with Crippen LogP contribution in [0.2, 0.25) is 0 Å². The number of carbonyl (C=O) groups excluding carboxylic acids is 2. The van der Waals surface area contributed by atoms with Gasteiger partial charge in [0.2, 0.25) is 0 Å². The number of aryl methyl sites for hydroxylation is 1. The average Bonchev–Trinajstić information content (AvgIpc) is 3.34. The van der Waals surface area contributed by atoms with E-state index in [2.05, 4.69) is 0 Å². The first-order valence-electron chi connectivity index (χ1n) is 9.83. The second-order valence-corrected chi connectivity index (χ2v) is 7.90. The first kappa shape index (κ1) is 19.1. The van der Waals surface area contributed by atoms with E-state index in [0.29, 0.717) is 31.6 Å². The van der Waals surface area contributed by atoms with Gasteiger partial charge in [0.25, 0.3) is 17.5 Å². The van der Waals surface area contributed by atoms with Crippen LogP contribution < -0.4 is 0 Å². The summed E-state index contributed by atoms with van der Waals surface area (Å²) in [5.41, 5.74) is 1.28. The standard InChI is InChI=1S/C22H23N3O4/c1-16-7-9-17(10-8-16)20(26)24-13-4-11-22(24)12-14-23(15-22)21(27)18-5-2-3-6-19(18)25(28)29/h2-3,5-10H,4,11-15H2,1H3. The van der Waals surface area contributed by atoms with Crippen molar-refractivity contribution in [3.05, 3.63) is 75.3 Å². The SMILES string of the molecule is Cc1ccc(C(=O)N2CCCC23CCN(C(=O)c2ccccc2[N+](=O)[O-])C3)cc1. The van der Waals surface area contributed by atoms with E-state index in [-0.39, 0.29) is 28.6 Å². The lowest BCUT2D eigenvalue weighted by Crippen LogP contribution is -2.49. The highest BCUT2D eigenvalue weighted by molar-refractivity contribution is 5.99. The second-order valence-electron chi connectivity index (χ2n) is 7.90. The summed E-state index contributed by atoms with van der Waals surface area (Å²) in [4.78, 5) is 40.5. The molecule has 2 saturated heterocycles. The fourth-order valence-corrected chi connectivity index (χ4v) is 4.55. The van der Waals surface area contributed by atoms with E-state index < -0.39 is 4.92 Å². The molecule has 1 unspecified atom stereocenters. The molecule has 7 nitrogen and oxygen atoms in total. The first-order chi connectivity index (χ1) is 13.9. The van der Waals surface area contributed by atoms with Crippen molar-refractivity contribution < 1.29 is 14.5 Å². The molecule has 1 atom stereocenters. The molecule has 7 heteroatoms. The van der Waals surface area contributed by atoms with Gasteiger partial charge in [-0.3, -0.25) is 19.7 Å². The number of nitro benzene ring substituents is 1. The minimum Gasteiger partial charge on any atom is -0.336 e. The molecule has 0 N–H and O–H groups in total. The lowest BCUT2D eigenvalue weighted by atomic mass is 9.94. The van der Waals surface area contributed by atoms with Crippen molar-refractivity contribution in [1.29, 1.82) is 0 Å². The smallest absolute Gasteiger partial charge is 0.282 e. The maximum absolute atomic E-state index is 13.1. The lowest BCUT2D eigenvalue weighted by Gasteiger charge is -2.35. The Morgan fingerprint density at radius 2 is 1.72 bits per heavy atom. The Bertz CT molecular complexity index is 972. The highest BCUT2D eigenvalue weighted by Gasteiger charge is 2.49. The summed E-state index contributed by atoms with van der Waals surface area (Å²) in [6.07, 6.45) is 2.42. The van der Waals surface area contributed by atoms with Gasteiger partial charge in [0, 0.05) is 31.3 Å². The predicted octanol–water partition coefficient (Wildman–Crippen LogP) is 3.42. The summed E-state index contributed by atoms with van der Waals surface area (Å²) in [7, 11) is 0. The van der Waals surface area contributed by atoms with Crippen molar-refractivity contribution in [3.63, 3.8) is 0 Å². The van der Waals surface area contributed by atoms with Gasteiger partial charge in [-0.1, -0.05) is 29.8 Å². The molecule has 29 heavy (non-hydrogen) atoms. The number of nitro groups is 1. The molecule has 4 rings (SSSR count). The monoisotopic (exact) mass is 393 g/mol. The van der Waals surface area contributed by atoms with Crippen LogP contribution in [0, 0.1) is 17.0 Å². The molecule has 0 radical (unpaired) electrons. The third-order valence-corrected chi connectivity index (χ3v) is 6.09. The quantitative estimate of drug-likeness (QED) is 0.591. The normalized spacial score (nSPS) is 21.0. The van der Waals surface area contributed by atoms with Gasteiger partial charge in [-0.15, -0.1) is 0 Å². The molecule has 2 aromatic rings. The molecule has 0 bridgehead atoms. The van der Waals surface area contributed by atoms with Crippen molar-refractivity contribution >= 4 is 17.5 Å². The molecule has 2 fully saturated rings. The molecule has 2 amide bonds. The number of benzene rings is 2. The van der Waals surface area contributed by atoms with Crippen molar-refractivity contribution in [2.45, 2.75) is 31.7 Å². The summed E-state index contributed by atoms with van der Waals surface area (Å²) < 4.78 is 0. The molecule has 150 valence electrons. The fourth-order valence-electron chi connectivity index (χ4n) is 4.55. The first-order valence-corrected chi connectivity index (χ1v) is 9.83. The van der Waals surface area contributed by atoms with Crippen LogP contribution >= 0.6 is 0 Å². The highest BCUT2D eigenvalue weighted by Crippen LogP contribution is 2.39. The molecule has 2 aliphatic heterocycles. The van der Waals surface area contributed by atoms with Gasteiger partial charge in [0.15, 0.2) is 0 Å². The molecule has 1 spiro atoms. The van der Waals surface area contributed by atoms with E-state index >= 15 is 0 Å². The van der Waals surface area contributed by atoms with Gasteiger partial charge in [-0.05, 0) is 44.4 Å². The van der Waals surface area contributed by atoms with E-state index in [9.17, 15) is 19.7 Å². The molecule has 2 aliphatic rings. The number of para-hydroxylation sites is 1. The molecule has 0 aromatic heterocycles. The van der Waals surface area contributed by atoms with E-state index in [0.717, 1.165) is 18.4 Å². The van der Waals surface area contributed by atoms with Gasteiger partial charge in [0.05, 0.1) is 10.5 Å². The van der Waals surface area contributed by atoms with Crippen molar-refractivity contribution in [1.82, 2.24) is 9.80 Å². The third kappa shape index (κ3) is 3.37. The molecule has 0 saturated carbocycles. The Balaban J connectivity index is 1.56. The number of hydrogen-bond donors (Lipinski definition) is 0. The Morgan fingerprint density at radius 1 is 1.00 bits per heavy atom. The van der Waals surface area contributed by atoms with Gasteiger partial charge < -0.3 is 9.80 Å². The van der Waals surface area contributed by atoms with Crippen LogP contribution in [0.5, 0.6) is 0 Å². The Hall–Kier alpha value is -3.22. The number of likely N-dealkylation sites (tertiary alicyclic amines) is 2. The minimum atomic E-state index is -0.526. The average molecular weight is 393 g/mol. The van der Waals surface area contributed by atoms with Crippen LogP contribution in [0.3, 0.4) is 0 Å². The zero-order chi connectivity index (χ0) is 20.6. The highest BCUT2D eigenvalue weighted by atomic mass is 16.6. The van der Waals surface area contributed by atoms with E-state index in [1.54, 1.807) is 17.0 Å². The van der Waals surface area contributed by atoms with E-state index in [1.165, 1.54) is 12.1 Å². The van der Waals surface area contributed by atoms with Gasteiger partial charge in [-0.25, -0.2) is 0 Å². The number of amides is 2. The summed E-state index contributed by atoms with van der Waals surface area (Å²) in [6, 6.07) is 13.6. The summed E-state index contributed by atoms with van der Waals surface area (Å²) >= 11 is 0. The van der Waals surface area contributed by atoms with Gasteiger partial charge >= 0.3 is 0 Å². The molecule has 2 heterocycles. The van der Waals surface area contributed by atoms with Crippen LogP contribution in [0.15, 0.2) is 48.5 Å². The van der Waals surface area contributed by atoms with Gasteiger partial charge in [-0.2, -0.15) is 0 Å². The summed E-state index contributed by atoms with van der Waals surface area (Å²) in [5, 5.41) is 11.3. The second kappa shape index (κ2) is 7.31. The van der Waals surface area contributed by atoms with Crippen LogP contribution in [-0.4, -0.2) is 51.7 Å². The van der Waals surface area contributed by atoms with Crippen LogP contribution in [-0.2, 0) is 0 Å². The van der Waals surface area contributed by atoms with E-state index in [1.807, 2.05) is 36.1 Å². The van der Waals surface area contributed by atoms with Crippen LogP contribution in [0.4, 0.5) is 5.69 Å². The van der Waals surface area contributed by atoms with Gasteiger partial charge in [0.1, 0.15) is 5.56 Å². The maximum atomic E-state index is 13.1. The van der Waals surface area contributed by atoms with Crippen molar-refractivity contribution in [3.8, 4) is 0 Å². The number of hydrogen-bond acceptors (Lipinski definition) is 4. The lowest BCUT2D eigenvalue weighted by molar-refractivity contribution is -0.385. The maximum Gasteiger partial charge on any atom is 0.282 e. The minimum absolute atomic E-state index is 0.0116. The van der Waals surface area contributed by atoms with E-state index in [4.69, 9.17) is 0 Å². The Kier molecular flexibility index (Phi) is 4.82. The third-order valence-electron chi connectivity index (χ3n) is 6.09. The Labute approximate surface area is 169 Å². The fraction of sp³-hybridized carbons (Fsp3) is 0.364. The molecular weight excluding hydrogens is 370 g/mol. The zero-order valence-corrected chi connectivity index (χ0v) is 16.3.